The normalized spacial score (nSPS) is 16.6. The van der Waals surface area contributed by atoms with Crippen molar-refractivity contribution in [2.45, 2.75) is 31.7 Å². The highest BCUT2D eigenvalue weighted by atomic mass is 32.2. The molecule has 0 amide bonds. The van der Waals surface area contributed by atoms with Crippen LogP contribution in [0.4, 0.5) is 10.2 Å². The number of nitrogens with zero attached hydrogens (tertiary/aromatic N) is 2. The van der Waals surface area contributed by atoms with Gasteiger partial charge in [-0.25, -0.2) is 22.2 Å². The standard InChI is InChI=1S/C17H21FN4O4S/c1-11-8-15(19)21-22(11)16(23)17(4-6-26-7-5-17)13-3-2-12(14(18)9-13)10-20-27(24)25/h2-3,8-9,27H,4-7,10H2,1H3,(H2,19,21)(H,20,24,25). The predicted molar refractivity (Wildman–Crippen MR) is 97.3 cm³/mol. The Hall–Kier alpha value is -2.30. The summed E-state index contributed by atoms with van der Waals surface area (Å²) in [6, 6.07) is 6.04. The van der Waals surface area contributed by atoms with E-state index in [-0.39, 0.29) is 23.8 Å². The Kier molecular flexibility index (Phi) is 5.59. The van der Waals surface area contributed by atoms with Gasteiger partial charge in [0.1, 0.15) is 11.6 Å². The van der Waals surface area contributed by atoms with Crippen LogP contribution in [0.1, 0.15) is 34.5 Å². The van der Waals surface area contributed by atoms with Gasteiger partial charge < -0.3 is 10.5 Å². The summed E-state index contributed by atoms with van der Waals surface area (Å²) in [5, 5.41) is 4.08. The van der Waals surface area contributed by atoms with E-state index in [2.05, 4.69) is 9.82 Å². The van der Waals surface area contributed by atoms with Gasteiger partial charge in [0, 0.05) is 37.1 Å². The maximum atomic E-state index is 14.6. The molecular weight excluding hydrogens is 375 g/mol. The van der Waals surface area contributed by atoms with E-state index in [0.717, 1.165) is 0 Å². The zero-order valence-electron chi connectivity index (χ0n) is 14.8. The van der Waals surface area contributed by atoms with Crippen LogP contribution >= 0.6 is 0 Å². The van der Waals surface area contributed by atoms with E-state index in [9.17, 15) is 17.6 Å². The van der Waals surface area contributed by atoms with Crippen LogP contribution in [0.5, 0.6) is 0 Å². The fraction of sp³-hybridized carbons (Fsp3) is 0.412. The Morgan fingerprint density at radius 2 is 2.07 bits per heavy atom. The van der Waals surface area contributed by atoms with Gasteiger partial charge in [-0.05, 0) is 31.4 Å². The summed E-state index contributed by atoms with van der Waals surface area (Å²) in [4.78, 5) is 13.3. The second-order valence-electron chi connectivity index (χ2n) is 6.52. The molecule has 0 aliphatic carbocycles. The van der Waals surface area contributed by atoms with Gasteiger partial charge in [-0.1, -0.05) is 12.1 Å². The average Bonchev–Trinajstić information content (AvgIpc) is 2.98. The number of anilines is 1. The number of hydrogen-bond acceptors (Lipinski definition) is 6. The monoisotopic (exact) mass is 396 g/mol. The summed E-state index contributed by atoms with van der Waals surface area (Å²) in [5.41, 5.74) is 6.03. The molecule has 1 aromatic heterocycles. The van der Waals surface area contributed by atoms with Crippen molar-refractivity contribution < 1.29 is 22.3 Å². The third-order valence-electron chi connectivity index (χ3n) is 4.86. The number of carbonyl (C=O) groups excluding carboxylic acids is 1. The van der Waals surface area contributed by atoms with Gasteiger partial charge in [-0.3, -0.25) is 4.79 Å². The van der Waals surface area contributed by atoms with Gasteiger partial charge >= 0.3 is 0 Å². The average molecular weight is 396 g/mol. The summed E-state index contributed by atoms with van der Waals surface area (Å²) >= 11 is 0. The first kappa shape index (κ1) is 19.5. The van der Waals surface area contributed by atoms with Crippen LogP contribution in [0.3, 0.4) is 0 Å². The topological polar surface area (TPSA) is 116 Å². The van der Waals surface area contributed by atoms with Gasteiger partial charge in [-0.15, -0.1) is 5.10 Å². The fourth-order valence-corrected chi connectivity index (χ4v) is 3.69. The zero-order valence-corrected chi connectivity index (χ0v) is 15.7. The maximum Gasteiger partial charge on any atom is 0.257 e. The van der Waals surface area contributed by atoms with Crippen molar-refractivity contribution in [3.05, 3.63) is 46.9 Å². The Bertz CT molecular complexity index is 927. The molecule has 1 fully saturated rings. The van der Waals surface area contributed by atoms with Crippen molar-refractivity contribution in [3.8, 4) is 0 Å². The van der Waals surface area contributed by atoms with Crippen molar-refractivity contribution in [3.63, 3.8) is 0 Å². The Morgan fingerprint density at radius 3 is 2.63 bits per heavy atom. The van der Waals surface area contributed by atoms with Gasteiger partial charge in [0.05, 0.1) is 5.41 Å². The molecule has 0 unspecified atom stereocenters. The van der Waals surface area contributed by atoms with Crippen molar-refractivity contribution >= 4 is 22.6 Å². The summed E-state index contributed by atoms with van der Waals surface area (Å²) in [6.45, 7) is 2.31. The third kappa shape index (κ3) is 3.87. The van der Waals surface area contributed by atoms with E-state index in [1.54, 1.807) is 19.1 Å². The number of nitrogens with two attached hydrogens (primary N) is 1. The van der Waals surface area contributed by atoms with E-state index in [1.807, 2.05) is 0 Å². The highest BCUT2D eigenvalue weighted by molar-refractivity contribution is 7.70. The summed E-state index contributed by atoms with van der Waals surface area (Å²) in [7, 11) is -2.82. The van der Waals surface area contributed by atoms with Gasteiger partial charge in [0.2, 0.25) is 10.9 Å². The van der Waals surface area contributed by atoms with Crippen LogP contribution in [0, 0.1) is 12.7 Å². The maximum absolute atomic E-state index is 14.6. The molecule has 2 aromatic rings. The molecule has 0 spiro atoms. The molecule has 0 atom stereocenters. The number of ether oxygens (including phenoxy) is 1. The number of aryl methyl sites for hydroxylation is 1. The number of aromatic nitrogens is 2. The Morgan fingerprint density at radius 1 is 1.37 bits per heavy atom. The number of benzene rings is 1. The molecule has 1 aromatic carbocycles. The van der Waals surface area contributed by atoms with Crippen LogP contribution in [-0.4, -0.2) is 37.3 Å². The van der Waals surface area contributed by atoms with Crippen molar-refractivity contribution in [2.24, 2.45) is 0 Å². The highest BCUT2D eigenvalue weighted by Crippen LogP contribution is 2.37. The number of thiol groups is 1. The SMILES string of the molecule is Cc1cc(N)nn1C(=O)C1(c2ccc(CN[SH](=O)=O)c(F)c2)CCOCC1. The first-order chi connectivity index (χ1) is 12.8. The lowest BCUT2D eigenvalue weighted by atomic mass is 9.73. The molecule has 0 radical (unpaired) electrons. The summed E-state index contributed by atoms with van der Waals surface area (Å²) in [5.74, 6) is -0.623. The third-order valence-corrected chi connectivity index (χ3v) is 5.28. The van der Waals surface area contributed by atoms with E-state index >= 15 is 0 Å². The molecule has 8 nitrogen and oxygen atoms in total. The number of rotatable bonds is 5. The molecule has 0 saturated carbocycles. The molecule has 3 rings (SSSR count). The van der Waals surface area contributed by atoms with Crippen LogP contribution in [-0.2, 0) is 27.6 Å². The lowest BCUT2D eigenvalue weighted by molar-refractivity contribution is 0.0353. The molecular formula is C17H21FN4O4S. The summed E-state index contributed by atoms with van der Waals surface area (Å²) in [6.07, 6.45) is 0.767. The van der Waals surface area contributed by atoms with Crippen molar-refractivity contribution in [2.75, 3.05) is 18.9 Å². The molecule has 1 aliphatic rings. The summed E-state index contributed by atoms with van der Waals surface area (Å²) < 4.78 is 44.7. The second-order valence-corrected chi connectivity index (χ2v) is 7.35. The highest BCUT2D eigenvalue weighted by Gasteiger charge is 2.43. The van der Waals surface area contributed by atoms with Gasteiger partial charge in [0.15, 0.2) is 0 Å². The number of halogens is 1. The molecule has 27 heavy (non-hydrogen) atoms. The van der Waals surface area contributed by atoms with Gasteiger partial charge in [-0.2, -0.15) is 0 Å². The molecule has 3 N–H and O–H groups in total. The van der Waals surface area contributed by atoms with E-state index in [0.29, 0.717) is 37.3 Å². The minimum absolute atomic E-state index is 0.149. The van der Waals surface area contributed by atoms with Crippen molar-refractivity contribution in [1.82, 2.24) is 14.5 Å². The quantitative estimate of drug-likeness (QED) is 0.647. The first-order valence-electron chi connectivity index (χ1n) is 8.45. The molecule has 146 valence electrons. The van der Waals surface area contributed by atoms with Gasteiger partial charge in [0.25, 0.3) is 5.91 Å². The van der Waals surface area contributed by atoms with E-state index in [4.69, 9.17) is 10.5 Å². The molecule has 0 bridgehead atoms. The Balaban J connectivity index is 2.01. The lowest BCUT2D eigenvalue weighted by Gasteiger charge is -2.36. The van der Waals surface area contributed by atoms with Crippen molar-refractivity contribution in [1.29, 1.82) is 0 Å². The molecule has 1 aliphatic heterocycles. The zero-order chi connectivity index (χ0) is 19.6. The number of hydrogen-bond donors (Lipinski definition) is 3. The second kappa shape index (κ2) is 7.75. The van der Waals surface area contributed by atoms with E-state index in [1.165, 1.54) is 16.8 Å². The molecule has 1 saturated heterocycles. The minimum atomic E-state index is -2.82. The van der Waals surface area contributed by atoms with Crippen LogP contribution in [0.25, 0.3) is 0 Å². The van der Waals surface area contributed by atoms with Crippen LogP contribution in [0.2, 0.25) is 0 Å². The first-order valence-corrected chi connectivity index (χ1v) is 9.63. The fourth-order valence-electron chi connectivity index (χ4n) is 3.39. The molecule has 2 heterocycles. The number of carbonyl (C=O) groups is 1. The van der Waals surface area contributed by atoms with Crippen LogP contribution in [0.15, 0.2) is 24.3 Å². The number of nitrogens with one attached hydrogen (secondary N) is 1. The smallest absolute Gasteiger partial charge is 0.257 e. The number of nitrogen functional groups attached to an aromatic ring is 1. The minimum Gasteiger partial charge on any atom is -0.382 e. The largest absolute Gasteiger partial charge is 0.382 e. The Labute approximate surface area is 157 Å². The lowest BCUT2D eigenvalue weighted by Crippen LogP contribution is -2.45. The van der Waals surface area contributed by atoms with Crippen LogP contribution < -0.4 is 10.5 Å². The predicted octanol–water partition coefficient (Wildman–Crippen LogP) is 0.917. The molecule has 10 heteroatoms. The van der Waals surface area contributed by atoms with E-state index < -0.39 is 22.1 Å².